The van der Waals surface area contributed by atoms with Crippen LogP contribution in [0.15, 0.2) is 30.5 Å². The van der Waals surface area contributed by atoms with Crippen LogP contribution in [0.3, 0.4) is 0 Å². The average molecular weight is 246 g/mol. The van der Waals surface area contributed by atoms with Gasteiger partial charge >= 0.3 is 5.97 Å². The lowest BCUT2D eigenvalue weighted by Crippen LogP contribution is -2.38. The quantitative estimate of drug-likeness (QED) is 0.774. The highest BCUT2D eigenvalue weighted by Gasteiger charge is 2.30. The number of carbonyl (C=O) groups is 1. The number of hydrogen-bond donors (Lipinski definition) is 3. The topological polar surface area (TPSA) is 79.1 Å². The molecule has 0 aliphatic heterocycles. The van der Waals surface area contributed by atoms with E-state index in [0.29, 0.717) is 0 Å². The summed E-state index contributed by atoms with van der Waals surface area (Å²) < 4.78 is 0. The Hall–Kier alpha value is -1.81. The van der Waals surface area contributed by atoms with Gasteiger partial charge in [-0.3, -0.25) is 4.79 Å². The number of benzene rings is 1. The Morgan fingerprint density at radius 2 is 2.00 bits per heavy atom. The Kier molecular flexibility index (Phi) is 3.39. The lowest BCUT2D eigenvalue weighted by molar-refractivity contribution is -0.139. The molecule has 1 aromatic heterocycles. The van der Waals surface area contributed by atoms with Crippen molar-refractivity contribution in [3.63, 3.8) is 0 Å². The molecular weight excluding hydrogens is 228 g/mol. The van der Waals surface area contributed by atoms with Crippen LogP contribution in [0.2, 0.25) is 0 Å². The van der Waals surface area contributed by atoms with Gasteiger partial charge in [0.1, 0.15) is 6.04 Å². The largest absolute Gasteiger partial charge is 0.480 e. The normalized spacial score (nSPS) is 14.9. The van der Waals surface area contributed by atoms with E-state index < -0.39 is 12.0 Å². The number of carboxylic acid groups (broad SMARTS) is 1. The van der Waals surface area contributed by atoms with Gasteiger partial charge < -0.3 is 15.8 Å². The smallest absolute Gasteiger partial charge is 0.321 e. The number of nitrogens with one attached hydrogen (secondary N) is 1. The van der Waals surface area contributed by atoms with Gasteiger partial charge in [0, 0.05) is 23.0 Å². The molecule has 0 saturated carbocycles. The molecule has 2 rings (SSSR count). The lowest BCUT2D eigenvalue weighted by Gasteiger charge is -2.24. The third-order valence-corrected chi connectivity index (χ3v) is 3.37. The Bertz CT molecular complexity index is 560. The SMILES string of the molecule is CC(C)[C@@H](c1c[nH]c2ccccc12)[C@@H](N)C(=O)O. The van der Waals surface area contributed by atoms with E-state index in [0.717, 1.165) is 16.5 Å². The minimum Gasteiger partial charge on any atom is -0.480 e. The van der Waals surface area contributed by atoms with E-state index in [1.807, 2.05) is 44.3 Å². The summed E-state index contributed by atoms with van der Waals surface area (Å²) in [5, 5.41) is 10.2. The number of hydrogen-bond acceptors (Lipinski definition) is 2. The van der Waals surface area contributed by atoms with Gasteiger partial charge in [-0.2, -0.15) is 0 Å². The molecule has 0 unspecified atom stereocenters. The zero-order valence-electron chi connectivity index (χ0n) is 10.6. The van der Waals surface area contributed by atoms with Crippen LogP contribution in [0.4, 0.5) is 0 Å². The fourth-order valence-electron chi connectivity index (χ4n) is 2.49. The van der Waals surface area contributed by atoms with E-state index in [1.54, 1.807) is 0 Å². The third-order valence-electron chi connectivity index (χ3n) is 3.37. The summed E-state index contributed by atoms with van der Waals surface area (Å²) >= 11 is 0. The van der Waals surface area contributed by atoms with Gasteiger partial charge in [-0.1, -0.05) is 32.0 Å². The second kappa shape index (κ2) is 4.82. The van der Waals surface area contributed by atoms with Gasteiger partial charge in [0.2, 0.25) is 0 Å². The van der Waals surface area contributed by atoms with Crippen LogP contribution in [0.5, 0.6) is 0 Å². The summed E-state index contributed by atoms with van der Waals surface area (Å²) in [5.41, 5.74) is 7.82. The molecule has 1 heterocycles. The summed E-state index contributed by atoms with van der Waals surface area (Å²) in [6.07, 6.45) is 1.87. The number of aromatic nitrogens is 1. The Morgan fingerprint density at radius 3 is 2.61 bits per heavy atom. The molecule has 0 saturated heterocycles. The van der Waals surface area contributed by atoms with E-state index in [1.165, 1.54) is 0 Å². The number of aliphatic carboxylic acids is 1. The van der Waals surface area contributed by atoms with Gasteiger partial charge in [-0.05, 0) is 17.5 Å². The van der Waals surface area contributed by atoms with Crippen molar-refractivity contribution in [2.24, 2.45) is 11.7 Å². The van der Waals surface area contributed by atoms with Crippen molar-refractivity contribution < 1.29 is 9.90 Å². The zero-order valence-corrected chi connectivity index (χ0v) is 10.6. The van der Waals surface area contributed by atoms with Crippen molar-refractivity contribution in [1.82, 2.24) is 4.98 Å². The Balaban J connectivity index is 2.52. The van der Waals surface area contributed by atoms with Crippen LogP contribution >= 0.6 is 0 Å². The first kappa shape index (κ1) is 12.6. The van der Waals surface area contributed by atoms with Gasteiger partial charge in [0.25, 0.3) is 0 Å². The highest BCUT2D eigenvalue weighted by atomic mass is 16.4. The van der Waals surface area contributed by atoms with Crippen molar-refractivity contribution in [2.45, 2.75) is 25.8 Å². The monoisotopic (exact) mass is 246 g/mol. The van der Waals surface area contributed by atoms with E-state index in [2.05, 4.69) is 4.98 Å². The maximum Gasteiger partial charge on any atom is 0.321 e. The van der Waals surface area contributed by atoms with E-state index in [9.17, 15) is 4.79 Å². The molecule has 4 nitrogen and oxygen atoms in total. The second-order valence-electron chi connectivity index (χ2n) is 4.92. The summed E-state index contributed by atoms with van der Waals surface area (Å²) in [6.45, 7) is 3.99. The molecule has 0 spiro atoms. The van der Waals surface area contributed by atoms with Crippen LogP contribution in [0.25, 0.3) is 10.9 Å². The fraction of sp³-hybridized carbons (Fsp3) is 0.357. The highest BCUT2D eigenvalue weighted by molar-refractivity contribution is 5.85. The van der Waals surface area contributed by atoms with Crippen LogP contribution < -0.4 is 5.73 Å². The molecule has 96 valence electrons. The summed E-state index contributed by atoms with van der Waals surface area (Å²) in [4.78, 5) is 14.3. The second-order valence-corrected chi connectivity index (χ2v) is 4.92. The number of aromatic amines is 1. The third kappa shape index (κ3) is 2.11. The molecule has 2 aromatic rings. The molecule has 0 radical (unpaired) electrons. The minimum absolute atomic E-state index is 0.162. The Morgan fingerprint density at radius 1 is 1.33 bits per heavy atom. The number of rotatable bonds is 4. The molecule has 1 aromatic carbocycles. The van der Waals surface area contributed by atoms with E-state index in [4.69, 9.17) is 10.8 Å². The highest BCUT2D eigenvalue weighted by Crippen LogP contribution is 2.32. The standard InChI is InChI=1S/C14H18N2O2/c1-8(2)12(13(15)14(17)18)10-7-16-11-6-4-3-5-9(10)11/h3-8,12-13,16H,15H2,1-2H3,(H,17,18)/t12-,13+/m0/s1. The minimum atomic E-state index is -0.959. The lowest BCUT2D eigenvalue weighted by atomic mass is 9.82. The number of para-hydroxylation sites is 1. The fourth-order valence-corrected chi connectivity index (χ4v) is 2.49. The number of carboxylic acids is 1. The maximum absolute atomic E-state index is 11.1. The average Bonchev–Trinajstić information content (AvgIpc) is 2.73. The van der Waals surface area contributed by atoms with Gasteiger partial charge in [-0.15, -0.1) is 0 Å². The first-order chi connectivity index (χ1) is 8.52. The van der Waals surface area contributed by atoms with Crippen LogP contribution in [-0.4, -0.2) is 22.1 Å². The van der Waals surface area contributed by atoms with Crippen LogP contribution in [0.1, 0.15) is 25.3 Å². The Labute approximate surface area is 106 Å². The van der Waals surface area contributed by atoms with Crippen LogP contribution in [0, 0.1) is 5.92 Å². The first-order valence-corrected chi connectivity index (χ1v) is 6.06. The zero-order chi connectivity index (χ0) is 13.3. The maximum atomic E-state index is 11.1. The van der Waals surface area contributed by atoms with Crippen molar-refractivity contribution in [1.29, 1.82) is 0 Å². The van der Waals surface area contributed by atoms with Crippen molar-refractivity contribution in [2.75, 3.05) is 0 Å². The summed E-state index contributed by atoms with van der Waals surface area (Å²) in [7, 11) is 0. The molecule has 0 aliphatic rings. The molecule has 18 heavy (non-hydrogen) atoms. The van der Waals surface area contributed by atoms with Crippen molar-refractivity contribution in [3.8, 4) is 0 Å². The number of nitrogens with two attached hydrogens (primary N) is 1. The molecular formula is C14H18N2O2. The number of H-pyrrole nitrogens is 1. The molecule has 0 aliphatic carbocycles. The molecule has 4 N–H and O–H groups in total. The van der Waals surface area contributed by atoms with Crippen molar-refractivity contribution >= 4 is 16.9 Å². The summed E-state index contributed by atoms with van der Waals surface area (Å²) in [5.74, 6) is -0.993. The van der Waals surface area contributed by atoms with Gasteiger partial charge in [0.05, 0.1) is 0 Å². The molecule has 0 fully saturated rings. The van der Waals surface area contributed by atoms with Gasteiger partial charge in [-0.25, -0.2) is 0 Å². The number of fused-ring (bicyclic) bond motifs is 1. The predicted octanol–water partition coefficient (Wildman–Crippen LogP) is 2.32. The van der Waals surface area contributed by atoms with Crippen molar-refractivity contribution in [3.05, 3.63) is 36.0 Å². The predicted molar refractivity (Wildman–Crippen MR) is 71.5 cm³/mol. The molecule has 0 amide bonds. The van der Waals surface area contributed by atoms with Gasteiger partial charge in [0.15, 0.2) is 0 Å². The molecule has 0 bridgehead atoms. The first-order valence-electron chi connectivity index (χ1n) is 6.06. The molecule has 2 atom stereocenters. The van der Waals surface area contributed by atoms with E-state index >= 15 is 0 Å². The summed E-state index contributed by atoms with van der Waals surface area (Å²) in [6, 6.07) is 6.98. The van der Waals surface area contributed by atoms with Crippen LogP contribution in [-0.2, 0) is 4.79 Å². The molecule has 4 heteroatoms. The van der Waals surface area contributed by atoms with E-state index in [-0.39, 0.29) is 11.8 Å².